The maximum atomic E-state index is 6.23. The first-order valence-corrected chi connectivity index (χ1v) is 7.88. The monoisotopic (exact) mass is 298 g/mol. The minimum atomic E-state index is 0.931. The van der Waals surface area contributed by atoms with Crippen molar-refractivity contribution in [1.82, 2.24) is 0 Å². The molecule has 1 heteroatoms. The van der Waals surface area contributed by atoms with Crippen LogP contribution < -0.4 is 0 Å². The largest absolute Gasteiger partial charge is 0.455 e. The average molecular weight is 298 g/mol. The molecule has 0 aliphatic rings. The minimum absolute atomic E-state index is 0.931. The summed E-state index contributed by atoms with van der Waals surface area (Å²) in [5.41, 5.74) is 6.92. The molecule has 1 aromatic heterocycles. The molecule has 0 aliphatic carbocycles. The number of para-hydroxylation sites is 1. The van der Waals surface area contributed by atoms with Gasteiger partial charge in [0.05, 0.1) is 0 Å². The minimum Gasteiger partial charge on any atom is -0.455 e. The molecule has 0 N–H and O–H groups in total. The molecule has 0 unspecified atom stereocenters. The molecule has 0 saturated heterocycles. The zero-order valence-corrected chi connectivity index (χ0v) is 13.3. The third kappa shape index (κ3) is 2.44. The summed E-state index contributed by atoms with van der Waals surface area (Å²) in [6.07, 6.45) is 0. The highest BCUT2D eigenvalue weighted by Gasteiger charge is 2.17. The molecule has 3 aromatic carbocycles. The van der Waals surface area contributed by atoms with Crippen LogP contribution in [0.2, 0.25) is 0 Å². The van der Waals surface area contributed by atoms with Crippen molar-refractivity contribution in [2.75, 3.05) is 0 Å². The predicted octanol–water partition coefficient (Wildman–Crippen LogP) is 6.38. The Morgan fingerprint density at radius 3 is 2.04 bits per heavy atom. The average Bonchev–Trinajstić information content (AvgIpc) is 2.94. The zero-order chi connectivity index (χ0) is 15.8. The van der Waals surface area contributed by atoms with Gasteiger partial charge >= 0.3 is 0 Å². The van der Waals surface area contributed by atoms with Gasteiger partial charge in [-0.15, -0.1) is 0 Å². The molecular weight excluding hydrogens is 280 g/mol. The van der Waals surface area contributed by atoms with Gasteiger partial charge in [-0.05, 0) is 31.5 Å². The molecule has 0 aliphatic heterocycles. The highest BCUT2D eigenvalue weighted by atomic mass is 16.3. The number of furan rings is 1. The number of benzene rings is 3. The Kier molecular flexibility index (Phi) is 3.27. The van der Waals surface area contributed by atoms with E-state index in [0.29, 0.717) is 0 Å². The Bertz CT molecular complexity index is 992. The highest BCUT2D eigenvalue weighted by Crippen LogP contribution is 2.41. The summed E-state index contributed by atoms with van der Waals surface area (Å²) in [6.45, 7) is 4.23. The number of hydrogen-bond acceptors (Lipinski definition) is 1. The maximum absolute atomic E-state index is 6.23. The third-order valence-electron chi connectivity index (χ3n) is 4.18. The Morgan fingerprint density at radius 2 is 1.30 bits per heavy atom. The lowest BCUT2D eigenvalue weighted by atomic mass is 9.97. The van der Waals surface area contributed by atoms with Crippen LogP contribution in [-0.4, -0.2) is 0 Å². The van der Waals surface area contributed by atoms with Gasteiger partial charge in [-0.3, -0.25) is 0 Å². The van der Waals surface area contributed by atoms with Gasteiger partial charge in [0, 0.05) is 16.5 Å². The van der Waals surface area contributed by atoms with Crippen LogP contribution in [0.5, 0.6) is 0 Å². The molecule has 0 fully saturated rings. The molecule has 112 valence electrons. The van der Waals surface area contributed by atoms with Gasteiger partial charge in [0.2, 0.25) is 0 Å². The fourth-order valence-corrected chi connectivity index (χ4v) is 3.12. The molecule has 0 radical (unpaired) electrons. The normalized spacial score (nSPS) is 11.0. The van der Waals surface area contributed by atoms with Crippen molar-refractivity contribution in [3.8, 4) is 22.5 Å². The van der Waals surface area contributed by atoms with Gasteiger partial charge in [-0.1, -0.05) is 71.8 Å². The first-order valence-electron chi connectivity index (χ1n) is 7.88. The Labute approximate surface area is 136 Å². The van der Waals surface area contributed by atoms with Gasteiger partial charge in [0.15, 0.2) is 0 Å². The molecule has 0 spiro atoms. The topological polar surface area (TPSA) is 13.1 Å². The van der Waals surface area contributed by atoms with Crippen molar-refractivity contribution in [2.45, 2.75) is 13.8 Å². The second-order valence-electron chi connectivity index (χ2n) is 6.04. The molecule has 0 atom stereocenters. The number of aryl methyl sites for hydroxylation is 2. The van der Waals surface area contributed by atoms with Crippen molar-refractivity contribution in [3.05, 3.63) is 83.9 Å². The molecule has 0 saturated carbocycles. The molecule has 4 rings (SSSR count). The van der Waals surface area contributed by atoms with E-state index >= 15 is 0 Å². The Morgan fingerprint density at radius 1 is 0.652 bits per heavy atom. The van der Waals surface area contributed by atoms with E-state index < -0.39 is 0 Å². The summed E-state index contributed by atoms with van der Waals surface area (Å²) in [6, 6.07) is 25.3. The van der Waals surface area contributed by atoms with Crippen molar-refractivity contribution in [2.24, 2.45) is 0 Å². The summed E-state index contributed by atoms with van der Waals surface area (Å²) < 4.78 is 6.23. The summed E-state index contributed by atoms with van der Waals surface area (Å²) in [5, 5.41) is 1.16. The van der Waals surface area contributed by atoms with Crippen molar-refractivity contribution in [1.29, 1.82) is 0 Å². The van der Waals surface area contributed by atoms with E-state index in [1.807, 2.05) is 12.1 Å². The van der Waals surface area contributed by atoms with E-state index in [0.717, 1.165) is 22.3 Å². The Hall–Kier alpha value is -2.80. The fraction of sp³-hybridized carbons (Fsp3) is 0.0909. The number of rotatable bonds is 2. The van der Waals surface area contributed by atoms with E-state index in [1.165, 1.54) is 22.3 Å². The van der Waals surface area contributed by atoms with Crippen molar-refractivity contribution in [3.63, 3.8) is 0 Å². The first-order chi connectivity index (χ1) is 11.2. The molecule has 0 amide bonds. The van der Waals surface area contributed by atoms with E-state index in [1.54, 1.807) is 0 Å². The quantitative estimate of drug-likeness (QED) is 0.418. The van der Waals surface area contributed by atoms with Crippen LogP contribution in [0.25, 0.3) is 33.4 Å². The van der Waals surface area contributed by atoms with E-state index in [2.05, 4.69) is 74.5 Å². The van der Waals surface area contributed by atoms with Gasteiger partial charge in [-0.25, -0.2) is 0 Å². The fourth-order valence-electron chi connectivity index (χ4n) is 3.12. The van der Waals surface area contributed by atoms with Crippen LogP contribution in [0.15, 0.2) is 77.2 Å². The van der Waals surface area contributed by atoms with Crippen LogP contribution in [0.1, 0.15) is 11.1 Å². The summed E-state index contributed by atoms with van der Waals surface area (Å²) in [5.74, 6) is 0.945. The highest BCUT2D eigenvalue weighted by molar-refractivity contribution is 6.01. The molecule has 1 nitrogen and oxygen atoms in total. The van der Waals surface area contributed by atoms with Crippen molar-refractivity contribution < 1.29 is 4.42 Å². The summed E-state index contributed by atoms with van der Waals surface area (Å²) >= 11 is 0. The van der Waals surface area contributed by atoms with Crippen LogP contribution in [0.4, 0.5) is 0 Å². The molecular formula is C22H18O. The second-order valence-corrected chi connectivity index (χ2v) is 6.04. The molecule has 0 bridgehead atoms. The standard InChI is InChI=1S/C22H18O/c1-15-7-5-9-17(13-15)21-19-11-3-4-12-20(19)23-22(21)18-10-6-8-16(2)14-18/h3-14H,1-2H3. The van der Waals surface area contributed by atoms with E-state index in [9.17, 15) is 0 Å². The van der Waals surface area contributed by atoms with Gasteiger partial charge < -0.3 is 4.42 Å². The van der Waals surface area contributed by atoms with Crippen molar-refractivity contribution >= 4 is 11.0 Å². The zero-order valence-electron chi connectivity index (χ0n) is 13.3. The molecule has 1 heterocycles. The van der Waals surface area contributed by atoms with Crippen LogP contribution in [0, 0.1) is 13.8 Å². The first kappa shape index (κ1) is 13.8. The number of hydrogen-bond donors (Lipinski definition) is 0. The molecule has 23 heavy (non-hydrogen) atoms. The summed E-state index contributed by atoms with van der Waals surface area (Å²) in [4.78, 5) is 0. The SMILES string of the molecule is Cc1cccc(-c2oc3ccccc3c2-c2cccc(C)c2)c1. The van der Waals surface area contributed by atoms with Gasteiger partial charge in [0.1, 0.15) is 11.3 Å². The summed E-state index contributed by atoms with van der Waals surface area (Å²) in [7, 11) is 0. The lowest BCUT2D eigenvalue weighted by Crippen LogP contribution is -1.83. The predicted molar refractivity (Wildman–Crippen MR) is 96.6 cm³/mol. The van der Waals surface area contributed by atoms with Gasteiger partial charge in [-0.2, -0.15) is 0 Å². The third-order valence-corrected chi connectivity index (χ3v) is 4.18. The van der Waals surface area contributed by atoms with Gasteiger partial charge in [0.25, 0.3) is 0 Å². The van der Waals surface area contributed by atoms with Crippen LogP contribution in [-0.2, 0) is 0 Å². The lowest BCUT2D eigenvalue weighted by Gasteiger charge is -2.06. The number of fused-ring (bicyclic) bond motifs is 1. The van der Waals surface area contributed by atoms with Crippen LogP contribution >= 0.6 is 0 Å². The lowest BCUT2D eigenvalue weighted by molar-refractivity contribution is 0.632. The van der Waals surface area contributed by atoms with Crippen LogP contribution in [0.3, 0.4) is 0 Å². The second kappa shape index (κ2) is 5.44. The Balaban J connectivity index is 2.06. The smallest absolute Gasteiger partial charge is 0.143 e. The van der Waals surface area contributed by atoms with E-state index in [-0.39, 0.29) is 0 Å². The van der Waals surface area contributed by atoms with E-state index in [4.69, 9.17) is 4.42 Å². The maximum Gasteiger partial charge on any atom is 0.143 e. The molecule has 4 aromatic rings.